The van der Waals surface area contributed by atoms with E-state index in [2.05, 4.69) is 6.07 Å². The van der Waals surface area contributed by atoms with Crippen LogP contribution >= 0.6 is 23.4 Å². The Balaban J connectivity index is 2.10. The van der Waals surface area contributed by atoms with Crippen LogP contribution in [0.4, 0.5) is 0 Å². The van der Waals surface area contributed by atoms with Crippen LogP contribution in [0, 0.1) is 0 Å². The molecule has 0 aliphatic carbocycles. The Morgan fingerprint density at radius 2 is 2.43 bits per heavy atom. The molecule has 0 saturated carbocycles. The molecule has 1 aliphatic rings. The monoisotopic (exact) mass is 228 g/mol. The van der Waals surface area contributed by atoms with Crippen molar-refractivity contribution in [1.82, 2.24) is 0 Å². The summed E-state index contributed by atoms with van der Waals surface area (Å²) in [6.07, 6.45) is 1.68. The summed E-state index contributed by atoms with van der Waals surface area (Å²) in [5.74, 6) is 0. The number of fused-ring (bicyclic) bond motifs is 1. The molecule has 1 aliphatic heterocycles. The second-order valence-electron chi connectivity index (χ2n) is 3.78. The molecule has 1 aromatic rings. The van der Waals surface area contributed by atoms with Crippen molar-refractivity contribution in [2.45, 2.75) is 36.0 Å². The Labute approximate surface area is 93.5 Å². The summed E-state index contributed by atoms with van der Waals surface area (Å²) in [7, 11) is 0. The number of halogens is 1. The van der Waals surface area contributed by atoms with E-state index in [1.807, 2.05) is 30.8 Å². The molecular formula is C11H13ClOS. The Hall–Kier alpha value is -0.180. The van der Waals surface area contributed by atoms with Crippen molar-refractivity contribution in [3.05, 3.63) is 28.8 Å². The number of aliphatic hydroxyl groups is 1. The van der Waals surface area contributed by atoms with E-state index < -0.39 is 0 Å². The molecule has 0 bridgehead atoms. The third-order valence-corrected chi connectivity index (χ3v) is 3.95. The fourth-order valence-electron chi connectivity index (χ4n) is 1.80. The van der Waals surface area contributed by atoms with Crippen LogP contribution < -0.4 is 0 Å². The summed E-state index contributed by atoms with van der Waals surface area (Å²) in [5, 5.41) is 10.6. The first-order valence-corrected chi connectivity index (χ1v) is 6.04. The molecule has 14 heavy (non-hydrogen) atoms. The fourth-order valence-corrected chi connectivity index (χ4v) is 3.43. The SMILES string of the molecule is CC(O)CC1Cc2cc(Cl)ccc2S1. The molecule has 0 spiro atoms. The van der Waals surface area contributed by atoms with E-state index in [1.54, 1.807) is 0 Å². The lowest BCUT2D eigenvalue weighted by molar-refractivity contribution is 0.184. The highest BCUT2D eigenvalue weighted by Gasteiger charge is 2.23. The Kier molecular flexibility index (Phi) is 3.05. The lowest BCUT2D eigenvalue weighted by Gasteiger charge is -2.09. The third kappa shape index (κ3) is 2.25. The minimum atomic E-state index is -0.211. The second kappa shape index (κ2) is 4.13. The number of rotatable bonds is 2. The van der Waals surface area contributed by atoms with Crippen molar-refractivity contribution >= 4 is 23.4 Å². The van der Waals surface area contributed by atoms with E-state index in [-0.39, 0.29) is 6.10 Å². The van der Waals surface area contributed by atoms with Crippen molar-refractivity contribution < 1.29 is 5.11 Å². The molecule has 1 nitrogen and oxygen atoms in total. The van der Waals surface area contributed by atoms with Crippen LogP contribution in [-0.4, -0.2) is 16.5 Å². The molecule has 2 rings (SSSR count). The van der Waals surface area contributed by atoms with Gasteiger partial charge in [0.2, 0.25) is 0 Å². The second-order valence-corrected chi connectivity index (χ2v) is 5.56. The summed E-state index contributed by atoms with van der Waals surface area (Å²) >= 11 is 7.77. The lowest BCUT2D eigenvalue weighted by atomic mass is 10.1. The minimum absolute atomic E-state index is 0.211. The van der Waals surface area contributed by atoms with Crippen LogP contribution in [0.25, 0.3) is 0 Å². The third-order valence-electron chi connectivity index (χ3n) is 2.37. The highest BCUT2D eigenvalue weighted by atomic mass is 35.5. The van der Waals surface area contributed by atoms with Gasteiger partial charge in [-0.1, -0.05) is 11.6 Å². The van der Waals surface area contributed by atoms with E-state index in [0.717, 1.165) is 17.9 Å². The number of hydrogen-bond acceptors (Lipinski definition) is 2. The highest BCUT2D eigenvalue weighted by molar-refractivity contribution is 8.00. The molecule has 1 aromatic carbocycles. The molecule has 0 aromatic heterocycles. The van der Waals surface area contributed by atoms with Gasteiger partial charge in [-0.25, -0.2) is 0 Å². The van der Waals surface area contributed by atoms with Crippen molar-refractivity contribution in [2.75, 3.05) is 0 Å². The molecule has 0 amide bonds. The largest absolute Gasteiger partial charge is 0.393 e. The van der Waals surface area contributed by atoms with Crippen molar-refractivity contribution in [2.24, 2.45) is 0 Å². The van der Waals surface area contributed by atoms with E-state index in [4.69, 9.17) is 11.6 Å². The summed E-state index contributed by atoms with van der Waals surface area (Å²) in [5.41, 5.74) is 1.33. The van der Waals surface area contributed by atoms with Gasteiger partial charge in [0.1, 0.15) is 0 Å². The topological polar surface area (TPSA) is 20.2 Å². The quantitative estimate of drug-likeness (QED) is 0.840. The van der Waals surface area contributed by atoms with Crippen LogP contribution in [0.15, 0.2) is 23.1 Å². The highest BCUT2D eigenvalue weighted by Crippen LogP contribution is 2.39. The van der Waals surface area contributed by atoms with Crippen molar-refractivity contribution in [3.63, 3.8) is 0 Å². The summed E-state index contributed by atoms with van der Waals surface area (Å²) in [4.78, 5) is 1.32. The van der Waals surface area contributed by atoms with Gasteiger partial charge in [-0.05, 0) is 43.5 Å². The molecule has 3 heteroatoms. The average Bonchev–Trinajstić information content (AvgIpc) is 2.44. The lowest BCUT2D eigenvalue weighted by Crippen LogP contribution is -2.10. The van der Waals surface area contributed by atoms with Gasteiger partial charge in [0, 0.05) is 15.2 Å². The predicted molar refractivity (Wildman–Crippen MR) is 61.1 cm³/mol. The summed E-state index contributed by atoms with van der Waals surface area (Å²) in [6.45, 7) is 1.84. The zero-order chi connectivity index (χ0) is 10.1. The fraction of sp³-hybridized carbons (Fsp3) is 0.455. The molecule has 0 radical (unpaired) electrons. The maximum Gasteiger partial charge on any atom is 0.0522 e. The molecule has 0 saturated heterocycles. The van der Waals surface area contributed by atoms with Gasteiger partial charge >= 0.3 is 0 Å². The van der Waals surface area contributed by atoms with E-state index in [0.29, 0.717) is 5.25 Å². The zero-order valence-electron chi connectivity index (χ0n) is 8.03. The molecule has 2 unspecified atom stereocenters. The van der Waals surface area contributed by atoms with E-state index in [9.17, 15) is 5.11 Å². The number of benzene rings is 1. The van der Waals surface area contributed by atoms with Crippen LogP contribution in [-0.2, 0) is 6.42 Å². The van der Waals surface area contributed by atoms with Crippen molar-refractivity contribution in [3.8, 4) is 0 Å². The van der Waals surface area contributed by atoms with Gasteiger partial charge in [-0.15, -0.1) is 11.8 Å². The first kappa shape index (κ1) is 10.3. The standard InChI is InChI=1S/C11H13ClOS/c1-7(13)4-10-6-8-5-9(12)2-3-11(8)14-10/h2-3,5,7,10,13H,4,6H2,1H3. The molecule has 1 heterocycles. The molecule has 0 fully saturated rings. The summed E-state index contributed by atoms with van der Waals surface area (Å²) in [6, 6.07) is 6.04. The summed E-state index contributed by atoms with van der Waals surface area (Å²) < 4.78 is 0. The molecular weight excluding hydrogens is 216 g/mol. The zero-order valence-corrected chi connectivity index (χ0v) is 9.61. The van der Waals surface area contributed by atoms with Crippen LogP contribution in [0.1, 0.15) is 18.9 Å². The Morgan fingerprint density at radius 3 is 3.14 bits per heavy atom. The first-order chi connectivity index (χ1) is 6.65. The van der Waals surface area contributed by atoms with Crippen LogP contribution in [0.3, 0.4) is 0 Å². The maximum absolute atomic E-state index is 9.31. The first-order valence-electron chi connectivity index (χ1n) is 4.78. The van der Waals surface area contributed by atoms with Gasteiger partial charge in [0.05, 0.1) is 6.10 Å². The van der Waals surface area contributed by atoms with E-state index >= 15 is 0 Å². The molecule has 2 atom stereocenters. The van der Waals surface area contributed by atoms with Crippen molar-refractivity contribution in [1.29, 1.82) is 0 Å². The normalized spacial score (nSPS) is 22.1. The number of thioether (sulfide) groups is 1. The van der Waals surface area contributed by atoms with E-state index in [1.165, 1.54) is 10.5 Å². The molecule has 76 valence electrons. The van der Waals surface area contributed by atoms with Crippen LogP contribution in [0.2, 0.25) is 5.02 Å². The average molecular weight is 229 g/mol. The predicted octanol–water partition coefficient (Wildman–Crippen LogP) is 3.13. The van der Waals surface area contributed by atoms with Crippen LogP contribution in [0.5, 0.6) is 0 Å². The smallest absolute Gasteiger partial charge is 0.0522 e. The van der Waals surface area contributed by atoms with Gasteiger partial charge in [-0.3, -0.25) is 0 Å². The Morgan fingerprint density at radius 1 is 1.64 bits per heavy atom. The number of hydrogen-bond donors (Lipinski definition) is 1. The van der Waals surface area contributed by atoms with Gasteiger partial charge in [0.15, 0.2) is 0 Å². The molecule has 1 N–H and O–H groups in total. The minimum Gasteiger partial charge on any atom is -0.393 e. The number of aliphatic hydroxyl groups excluding tert-OH is 1. The van der Waals surface area contributed by atoms with Gasteiger partial charge in [0.25, 0.3) is 0 Å². The maximum atomic E-state index is 9.31. The Bertz CT molecular complexity index is 338. The van der Waals surface area contributed by atoms with Gasteiger partial charge in [-0.2, -0.15) is 0 Å². The van der Waals surface area contributed by atoms with Gasteiger partial charge < -0.3 is 5.11 Å².